The summed E-state index contributed by atoms with van der Waals surface area (Å²) in [7, 11) is -0.738. The Kier molecular flexibility index (Phi) is 7.75. The van der Waals surface area contributed by atoms with Gasteiger partial charge in [0.25, 0.3) is 0 Å². The summed E-state index contributed by atoms with van der Waals surface area (Å²) in [5, 5.41) is 2.85. The number of nitrogens with one attached hydrogen (secondary N) is 1. The zero-order valence-corrected chi connectivity index (χ0v) is 23.6. The number of halogens is 1. The van der Waals surface area contributed by atoms with Crippen LogP contribution in [-0.2, 0) is 14.0 Å². The Balaban J connectivity index is 1.32. The molecule has 0 bridgehead atoms. The molecule has 1 aliphatic carbocycles. The third-order valence-electron chi connectivity index (χ3n) is 7.89. The van der Waals surface area contributed by atoms with Gasteiger partial charge in [-0.2, -0.15) is 0 Å². The highest BCUT2D eigenvalue weighted by atomic mass is 19.1. The van der Waals surface area contributed by atoms with Crippen molar-refractivity contribution in [3.8, 4) is 16.9 Å². The topological polar surface area (TPSA) is 66.0 Å². The van der Waals surface area contributed by atoms with Gasteiger partial charge >= 0.3 is 13.2 Å². The van der Waals surface area contributed by atoms with Gasteiger partial charge in [0.15, 0.2) is 0 Å². The summed E-state index contributed by atoms with van der Waals surface area (Å²) in [6, 6.07) is 20.9. The maximum atomic E-state index is 14.3. The fourth-order valence-electron chi connectivity index (χ4n) is 5.15. The number of carbonyl (C=O) groups is 1. The lowest BCUT2D eigenvalue weighted by atomic mass is 9.77. The number of fused-ring (bicyclic) bond motifs is 3. The van der Waals surface area contributed by atoms with Crippen LogP contribution in [0.4, 0.5) is 9.18 Å². The van der Waals surface area contributed by atoms with Crippen molar-refractivity contribution in [2.75, 3.05) is 19.8 Å². The molecule has 1 fully saturated rings. The summed E-state index contributed by atoms with van der Waals surface area (Å²) in [6.07, 6.45) is 1.20. The van der Waals surface area contributed by atoms with E-state index in [0.29, 0.717) is 23.4 Å². The molecule has 208 valence electrons. The lowest BCUT2D eigenvalue weighted by Crippen LogP contribution is -2.41. The Labute approximate surface area is 235 Å². The quantitative estimate of drug-likeness (QED) is 0.318. The van der Waals surface area contributed by atoms with E-state index in [-0.39, 0.29) is 19.1 Å². The van der Waals surface area contributed by atoms with E-state index in [9.17, 15) is 9.18 Å². The number of rotatable bonds is 8. The van der Waals surface area contributed by atoms with Gasteiger partial charge in [-0.25, -0.2) is 9.18 Å². The first-order valence-electron chi connectivity index (χ1n) is 13.7. The molecular formula is C32H35BFNO5. The number of ether oxygens (including phenoxy) is 2. The van der Waals surface area contributed by atoms with E-state index in [4.69, 9.17) is 18.8 Å². The van der Waals surface area contributed by atoms with Gasteiger partial charge in [0.2, 0.25) is 0 Å². The highest BCUT2D eigenvalue weighted by Gasteiger charge is 2.52. The molecule has 1 N–H and O–H groups in total. The fraction of sp³-hybridized carbons (Fsp3) is 0.344. The molecule has 0 aromatic heterocycles. The van der Waals surface area contributed by atoms with Crippen molar-refractivity contribution in [1.82, 2.24) is 5.32 Å². The first-order valence-corrected chi connectivity index (χ1v) is 13.7. The lowest BCUT2D eigenvalue weighted by molar-refractivity contribution is 0.00578. The maximum absolute atomic E-state index is 14.3. The van der Waals surface area contributed by atoms with Crippen LogP contribution in [0.3, 0.4) is 0 Å². The molecule has 1 aliphatic heterocycles. The van der Waals surface area contributed by atoms with Gasteiger partial charge in [0, 0.05) is 18.5 Å². The molecule has 1 saturated heterocycles. The van der Waals surface area contributed by atoms with E-state index < -0.39 is 30.2 Å². The summed E-state index contributed by atoms with van der Waals surface area (Å²) in [5.74, 6) is -0.0398. The van der Waals surface area contributed by atoms with Gasteiger partial charge in [-0.05, 0) is 80.0 Å². The Morgan fingerprint density at radius 1 is 0.975 bits per heavy atom. The Morgan fingerprint density at radius 3 is 2.17 bits per heavy atom. The first kappa shape index (κ1) is 27.9. The summed E-state index contributed by atoms with van der Waals surface area (Å²) < 4.78 is 38.1. The smallest absolute Gasteiger partial charge is 0.492 e. The second kappa shape index (κ2) is 11.1. The summed E-state index contributed by atoms with van der Waals surface area (Å²) in [6.45, 7) is 10.4. The first-order chi connectivity index (χ1) is 19.1. The predicted octanol–water partition coefficient (Wildman–Crippen LogP) is 6.78. The Morgan fingerprint density at radius 2 is 1.57 bits per heavy atom. The largest absolute Gasteiger partial charge is 0.494 e. The highest BCUT2D eigenvalue weighted by Crippen LogP contribution is 2.44. The summed E-state index contributed by atoms with van der Waals surface area (Å²) in [5.41, 5.74) is 4.65. The molecule has 1 amide bonds. The van der Waals surface area contributed by atoms with Crippen LogP contribution in [0.15, 0.2) is 72.2 Å². The van der Waals surface area contributed by atoms with Gasteiger partial charge in [-0.1, -0.05) is 54.6 Å². The third kappa shape index (κ3) is 5.65. The lowest BCUT2D eigenvalue weighted by Gasteiger charge is -2.32. The second-order valence-corrected chi connectivity index (χ2v) is 11.1. The van der Waals surface area contributed by atoms with Crippen LogP contribution in [-0.4, -0.2) is 44.2 Å². The Hall–Kier alpha value is -3.62. The van der Waals surface area contributed by atoms with Crippen molar-refractivity contribution >= 4 is 19.3 Å². The van der Waals surface area contributed by atoms with E-state index >= 15 is 0 Å². The van der Waals surface area contributed by atoms with Crippen LogP contribution in [0.25, 0.3) is 17.2 Å². The van der Waals surface area contributed by atoms with Crippen molar-refractivity contribution in [2.45, 2.75) is 51.7 Å². The molecule has 0 saturated carbocycles. The van der Waals surface area contributed by atoms with Crippen molar-refractivity contribution < 1.29 is 28.0 Å². The molecule has 3 aromatic carbocycles. The van der Waals surface area contributed by atoms with E-state index in [2.05, 4.69) is 29.6 Å². The average Bonchev–Trinajstić information content (AvgIpc) is 3.34. The van der Waals surface area contributed by atoms with Crippen LogP contribution < -0.4 is 10.1 Å². The van der Waals surface area contributed by atoms with Crippen LogP contribution in [0.2, 0.25) is 0 Å². The number of alkyl carbamates (subject to hydrolysis) is 1. The second-order valence-electron chi connectivity index (χ2n) is 11.1. The monoisotopic (exact) mass is 543 g/mol. The molecule has 0 atom stereocenters. The normalized spacial score (nSPS) is 17.4. The summed E-state index contributed by atoms with van der Waals surface area (Å²) >= 11 is 0. The van der Waals surface area contributed by atoms with E-state index in [1.807, 2.05) is 58.9 Å². The SMILES string of the molecule is CCOc1cc(F)cc(C=C(CNC(=O)OCC2c3ccccc3-c3ccccc32)B2OC(C)(C)C(C)(C)O2)c1. The minimum atomic E-state index is -0.738. The molecule has 6 nitrogen and oxygen atoms in total. The van der Waals surface area contributed by atoms with E-state index in [0.717, 1.165) is 11.1 Å². The summed E-state index contributed by atoms with van der Waals surface area (Å²) in [4.78, 5) is 12.9. The Bertz CT molecular complexity index is 1370. The molecule has 3 aromatic rings. The van der Waals surface area contributed by atoms with Crippen molar-refractivity contribution in [3.05, 3.63) is 94.7 Å². The van der Waals surface area contributed by atoms with Gasteiger partial charge in [0.05, 0.1) is 17.8 Å². The van der Waals surface area contributed by atoms with Gasteiger partial charge < -0.3 is 24.1 Å². The van der Waals surface area contributed by atoms with Gasteiger partial charge in [0.1, 0.15) is 18.2 Å². The molecular weight excluding hydrogens is 508 g/mol. The number of benzene rings is 3. The molecule has 1 heterocycles. The molecule has 0 unspecified atom stereocenters. The van der Waals surface area contributed by atoms with Gasteiger partial charge in [-0.15, -0.1) is 0 Å². The van der Waals surface area contributed by atoms with Crippen LogP contribution in [0.5, 0.6) is 5.75 Å². The van der Waals surface area contributed by atoms with Gasteiger partial charge in [-0.3, -0.25) is 0 Å². The van der Waals surface area contributed by atoms with E-state index in [1.54, 1.807) is 12.1 Å². The molecule has 0 radical (unpaired) electrons. The molecule has 5 rings (SSSR count). The maximum Gasteiger partial charge on any atom is 0.492 e. The zero-order valence-electron chi connectivity index (χ0n) is 23.6. The minimum Gasteiger partial charge on any atom is -0.494 e. The number of hydrogen-bond acceptors (Lipinski definition) is 5. The standard InChI is InChI=1S/C32H35BFNO5/c1-6-37-24-17-21(16-23(34)18-24)15-22(33-39-31(2,3)32(4,5)40-33)19-35-30(36)38-20-29-27-13-9-7-11-25(27)26-12-8-10-14-28(26)29/h7-18,29H,6,19-20H2,1-5H3,(H,35,36). The van der Waals surface area contributed by atoms with Crippen LogP contribution in [0.1, 0.15) is 57.2 Å². The van der Waals surface area contributed by atoms with E-state index in [1.165, 1.54) is 23.3 Å². The molecule has 2 aliphatic rings. The third-order valence-corrected chi connectivity index (χ3v) is 7.89. The van der Waals surface area contributed by atoms with Crippen molar-refractivity contribution in [3.63, 3.8) is 0 Å². The minimum absolute atomic E-state index is 0.0412. The number of hydrogen-bond donors (Lipinski definition) is 1. The molecule has 40 heavy (non-hydrogen) atoms. The van der Waals surface area contributed by atoms with Crippen molar-refractivity contribution in [1.29, 1.82) is 0 Å². The molecule has 0 spiro atoms. The van der Waals surface area contributed by atoms with Crippen LogP contribution >= 0.6 is 0 Å². The fourth-order valence-corrected chi connectivity index (χ4v) is 5.15. The predicted molar refractivity (Wildman–Crippen MR) is 155 cm³/mol. The van der Waals surface area contributed by atoms with Crippen molar-refractivity contribution in [2.24, 2.45) is 0 Å². The molecule has 8 heteroatoms. The van der Waals surface area contributed by atoms with Crippen LogP contribution in [0, 0.1) is 5.82 Å². The highest BCUT2D eigenvalue weighted by molar-refractivity contribution is 6.56. The number of carbonyl (C=O) groups excluding carboxylic acids is 1. The number of amides is 1. The zero-order chi connectivity index (χ0) is 28.5. The average molecular weight is 543 g/mol.